The van der Waals surface area contributed by atoms with E-state index in [0.717, 1.165) is 18.4 Å². The van der Waals surface area contributed by atoms with Gasteiger partial charge in [0.05, 0.1) is 5.41 Å². The van der Waals surface area contributed by atoms with Crippen LogP contribution in [0.1, 0.15) is 31.7 Å². The van der Waals surface area contributed by atoms with E-state index in [0.29, 0.717) is 12.4 Å². The van der Waals surface area contributed by atoms with Crippen molar-refractivity contribution < 1.29 is 9.59 Å². The minimum Gasteiger partial charge on any atom is -0.282 e. The number of carbonyl (C=O) groups excluding carboxylic acids is 2. The second kappa shape index (κ2) is 5.74. The average Bonchev–Trinajstić information content (AvgIpc) is 2.64. The Labute approximate surface area is 118 Å². The number of carbonyl (C=O) groups is 2. The van der Waals surface area contributed by atoms with Gasteiger partial charge in [-0.05, 0) is 25.3 Å². The summed E-state index contributed by atoms with van der Waals surface area (Å²) < 4.78 is 0. The number of nitrogens with zero attached hydrogens (tertiary/aromatic N) is 1. The topological polar surface area (TPSA) is 37.4 Å². The maximum atomic E-state index is 12.5. The van der Waals surface area contributed by atoms with Crippen molar-refractivity contribution >= 4 is 23.4 Å². The molecular weight excluding hydrogens is 262 g/mol. The first kappa shape index (κ1) is 14.1. The number of imide groups is 1. The zero-order valence-corrected chi connectivity index (χ0v) is 11.8. The molecule has 0 saturated carbocycles. The van der Waals surface area contributed by atoms with Gasteiger partial charge in [-0.25, -0.2) is 0 Å². The van der Waals surface area contributed by atoms with Crippen LogP contribution in [0.5, 0.6) is 0 Å². The van der Waals surface area contributed by atoms with Crippen molar-refractivity contribution in [2.45, 2.75) is 31.6 Å². The van der Waals surface area contributed by atoms with E-state index >= 15 is 0 Å². The molecule has 1 heterocycles. The lowest BCUT2D eigenvalue weighted by molar-refractivity contribution is -0.139. The number of alkyl halides is 1. The van der Waals surface area contributed by atoms with Gasteiger partial charge in [0.15, 0.2) is 0 Å². The average molecular weight is 280 g/mol. The molecule has 102 valence electrons. The van der Waals surface area contributed by atoms with Gasteiger partial charge in [-0.3, -0.25) is 14.5 Å². The first-order valence-electron chi connectivity index (χ1n) is 6.56. The molecule has 1 fully saturated rings. The molecule has 1 aliphatic heterocycles. The van der Waals surface area contributed by atoms with Crippen LogP contribution in [0.25, 0.3) is 0 Å². The maximum Gasteiger partial charge on any atom is 0.240 e. The summed E-state index contributed by atoms with van der Waals surface area (Å²) in [6.45, 7) is 2.33. The van der Waals surface area contributed by atoms with E-state index in [1.54, 1.807) is 0 Å². The zero-order valence-electron chi connectivity index (χ0n) is 11.1. The third-order valence-corrected chi connectivity index (χ3v) is 3.97. The van der Waals surface area contributed by atoms with Gasteiger partial charge in [0.2, 0.25) is 11.8 Å². The highest BCUT2D eigenvalue weighted by molar-refractivity contribution is 6.17. The molecule has 0 aliphatic carbocycles. The van der Waals surface area contributed by atoms with Crippen LogP contribution in [0.3, 0.4) is 0 Å². The fourth-order valence-electron chi connectivity index (χ4n) is 2.51. The van der Waals surface area contributed by atoms with E-state index in [2.05, 4.69) is 0 Å². The number of hydrogen-bond donors (Lipinski definition) is 0. The van der Waals surface area contributed by atoms with Gasteiger partial charge in [0.25, 0.3) is 0 Å². The van der Waals surface area contributed by atoms with Crippen molar-refractivity contribution in [3.63, 3.8) is 0 Å². The standard InChI is InChI=1S/C15H18ClNO2/c1-15(12-7-3-2-4-8-12)11-13(18)17(14(15)19)10-6-5-9-16/h2-4,7-8H,5-6,9-11H2,1H3. The number of amides is 2. The van der Waals surface area contributed by atoms with E-state index in [4.69, 9.17) is 11.6 Å². The molecule has 0 aromatic heterocycles. The summed E-state index contributed by atoms with van der Waals surface area (Å²) in [5, 5.41) is 0. The van der Waals surface area contributed by atoms with E-state index < -0.39 is 5.41 Å². The molecular formula is C15H18ClNO2. The van der Waals surface area contributed by atoms with Gasteiger partial charge in [-0.15, -0.1) is 11.6 Å². The Kier molecular flexibility index (Phi) is 4.25. The van der Waals surface area contributed by atoms with Gasteiger partial charge in [0, 0.05) is 18.8 Å². The molecule has 2 rings (SSSR count). The highest BCUT2D eigenvalue weighted by Gasteiger charge is 2.48. The summed E-state index contributed by atoms with van der Waals surface area (Å²) in [5.41, 5.74) is 0.201. The number of hydrogen-bond acceptors (Lipinski definition) is 2. The molecule has 0 bridgehead atoms. The number of benzene rings is 1. The fourth-order valence-corrected chi connectivity index (χ4v) is 2.70. The first-order valence-corrected chi connectivity index (χ1v) is 7.09. The van der Waals surface area contributed by atoms with Crippen LogP contribution in [-0.4, -0.2) is 29.1 Å². The molecule has 0 N–H and O–H groups in total. The smallest absolute Gasteiger partial charge is 0.240 e. The van der Waals surface area contributed by atoms with Gasteiger partial charge in [-0.1, -0.05) is 30.3 Å². The van der Waals surface area contributed by atoms with E-state index in [-0.39, 0.29) is 18.2 Å². The molecule has 4 heteroatoms. The van der Waals surface area contributed by atoms with E-state index in [1.807, 2.05) is 37.3 Å². The maximum absolute atomic E-state index is 12.5. The van der Waals surface area contributed by atoms with Crippen molar-refractivity contribution in [1.29, 1.82) is 0 Å². The molecule has 1 aliphatic rings. The summed E-state index contributed by atoms with van der Waals surface area (Å²) in [4.78, 5) is 25.9. The first-order chi connectivity index (χ1) is 9.09. The molecule has 1 atom stereocenters. The van der Waals surface area contributed by atoms with Crippen LogP contribution in [0, 0.1) is 0 Å². The lowest BCUT2D eigenvalue weighted by Crippen LogP contribution is -2.37. The number of unbranched alkanes of at least 4 members (excludes halogenated alkanes) is 1. The summed E-state index contributed by atoms with van der Waals surface area (Å²) in [7, 11) is 0. The molecule has 0 radical (unpaired) electrons. The molecule has 1 saturated heterocycles. The normalized spacial score (nSPS) is 23.2. The van der Waals surface area contributed by atoms with Crippen molar-refractivity contribution in [3.8, 4) is 0 Å². The van der Waals surface area contributed by atoms with Gasteiger partial charge in [0.1, 0.15) is 0 Å². The molecule has 3 nitrogen and oxygen atoms in total. The molecule has 1 aromatic carbocycles. The summed E-state index contributed by atoms with van der Waals surface area (Å²) in [6.07, 6.45) is 1.85. The monoisotopic (exact) mass is 279 g/mol. The Balaban J connectivity index is 2.17. The second-order valence-electron chi connectivity index (χ2n) is 5.12. The largest absolute Gasteiger partial charge is 0.282 e. The number of likely N-dealkylation sites (tertiary alicyclic amines) is 1. The van der Waals surface area contributed by atoms with Crippen LogP contribution in [-0.2, 0) is 15.0 Å². The molecule has 0 spiro atoms. The van der Waals surface area contributed by atoms with E-state index in [1.165, 1.54) is 4.90 Å². The summed E-state index contributed by atoms with van der Waals surface area (Å²) >= 11 is 5.62. The molecule has 1 unspecified atom stereocenters. The summed E-state index contributed by atoms with van der Waals surface area (Å²) in [5.74, 6) is 0.399. The highest BCUT2D eigenvalue weighted by Crippen LogP contribution is 2.36. The lowest BCUT2D eigenvalue weighted by Gasteiger charge is -2.22. The Morgan fingerprint density at radius 3 is 2.53 bits per heavy atom. The predicted octanol–water partition coefficient (Wildman–Crippen LogP) is 2.72. The Morgan fingerprint density at radius 2 is 1.89 bits per heavy atom. The Morgan fingerprint density at radius 1 is 1.21 bits per heavy atom. The zero-order chi connectivity index (χ0) is 13.9. The van der Waals surface area contributed by atoms with Crippen LogP contribution in [0.15, 0.2) is 30.3 Å². The van der Waals surface area contributed by atoms with Crippen molar-refractivity contribution in [3.05, 3.63) is 35.9 Å². The van der Waals surface area contributed by atoms with Crippen molar-refractivity contribution in [2.24, 2.45) is 0 Å². The SMILES string of the molecule is CC1(c2ccccc2)CC(=O)N(CCCCCl)C1=O. The lowest BCUT2D eigenvalue weighted by atomic mass is 9.81. The predicted molar refractivity (Wildman–Crippen MR) is 75.1 cm³/mol. The summed E-state index contributed by atoms with van der Waals surface area (Å²) in [6, 6.07) is 9.52. The number of halogens is 1. The third-order valence-electron chi connectivity index (χ3n) is 3.70. The number of rotatable bonds is 5. The minimum atomic E-state index is -0.709. The van der Waals surface area contributed by atoms with E-state index in [9.17, 15) is 9.59 Å². The van der Waals surface area contributed by atoms with Crippen LogP contribution < -0.4 is 0 Å². The third kappa shape index (κ3) is 2.66. The van der Waals surface area contributed by atoms with Gasteiger partial charge in [-0.2, -0.15) is 0 Å². The fraction of sp³-hybridized carbons (Fsp3) is 0.467. The van der Waals surface area contributed by atoms with Crippen molar-refractivity contribution in [1.82, 2.24) is 4.90 Å². The van der Waals surface area contributed by atoms with Crippen molar-refractivity contribution in [2.75, 3.05) is 12.4 Å². The Bertz CT molecular complexity index is 474. The molecule has 19 heavy (non-hydrogen) atoms. The van der Waals surface area contributed by atoms with Crippen LogP contribution >= 0.6 is 11.6 Å². The highest BCUT2D eigenvalue weighted by atomic mass is 35.5. The second-order valence-corrected chi connectivity index (χ2v) is 5.50. The minimum absolute atomic E-state index is 0.0778. The van der Waals surface area contributed by atoms with Crippen LogP contribution in [0.4, 0.5) is 0 Å². The van der Waals surface area contributed by atoms with Gasteiger partial charge >= 0.3 is 0 Å². The molecule has 1 aromatic rings. The Hall–Kier alpha value is -1.35. The quantitative estimate of drug-likeness (QED) is 0.472. The van der Waals surface area contributed by atoms with Gasteiger partial charge < -0.3 is 0 Å². The van der Waals surface area contributed by atoms with Crippen LogP contribution in [0.2, 0.25) is 0 Å². The molecule has 2 amide bonds.